The lowest BCUT2D eigenvalue weighted by Gasteiger charge is -2.30. The number of hydrogen-bond donors (Lipinski definition) is 1. The van der Waals surface area contributed by atoms with Crippen molar-refractivity contribution < 1.29 is 14.3 Å². The number of nitrogens with zero attached hydrogens (tertiary/aromatic N) is 1. The second-order valence-corrected chi connectivity index (χ2v) is 5.98. The molecule has 1 aromatic rings. The second-order valence-electron chi connectivity index (χ2n) is 5.98. The van der Waals surface area contributed by atoms with E-state index in [0.29, 0.717) is 32.4 Å². The van der Waals surface area contributed by atoms with Crippen LogP contribution in [0, 0.1) is 19.8 Å². The molecule has 1 aliphatic heterocycles. The van der Waals surface area contributed by atoms with E-state index >= 15 is 0 Å². The fraction of sp³-hybridized carbons (Fsp3) is 0.529. The molecule has 0 radical (unpaired) electrons. The normalized spacial score (nSPS) is 15.7. The molecule has 0 aromatic heterocycles. The Labute approximate surface area is 131 Å². The van der Waals surface area contributed by atoms with Crippen LogP contribution in [0.25, 0.3) is 0 Å². The van der Waals surface area contributed by atoms with E-state index in [1.54, 1.807) is 7.11 Å². The summed E-state index contributed by atoms with van der Waals surface area (Å²) in [6, 6.07) is 3.99. The van der Waals surface area contributed by atoms with Crippen LogP contribution in [0.1, 0.15) is 29.5 Å². The molecule has 2 rings (SSSR count). The molecule has 0 atom stereocenters. The highest BCUT2D eigenvalue weighted by Gasteiger charge is 2.26. The first kappa shape index (κ1) is 16.3. The van der Waals surface area contributed by atoms with Gasteiger partial charge in [-0.1, -0.05) is 6.07 Å². The van der Waals surface area contributed by atoms with E-state index in [9.17, 15) is 9.59 Å². The van der Waals surface area contributed by atoms with Crippen LogP contribution in [0.15, 0.2) is 12.1 Å². The predicted molar refractivity (Wildman–Crippen MR) is 84.7 cm³/mol. The van der Waals surface area contributed by atoms with E-state index in [0.717, 1.165) is 22.4 Å². The van der Waals surface area contributed by atoms with E-state index < -0.39 is 0 Å². The van der Waals surface area contributed by atoms with E-state index in [2.05, 4.69) is 0 Å². The fourth-order valence-corrected chi connectivity index (χ4v) is 2.95. The minimum absolute atomic E-state index is 0.0889. The molecular formula is C17H24N2O3. The molecule has 22 heavy (non-hydrogen) atoms. The molecule has 5 nitrogen and oxygen atoms in total. The number of carbonyl (C=O) groups is 2. The Hall–Kier alpha value is -2.04. The van der Waals surface area contributed by atoms with Crippen LogP contribution in [0.5, 0.6) is 5.75 Å². The minimum atomic E-state index is -0.256. The molecule has 1 fully saturated rings. The third-order valence-corrected chi connectivity index (χ3v) is 4.45. The van der Waals surface area contributed by atoms with Gasteiger partial charge in [-0.15, -0.1) is 0 Å². The molecule has 1 heterocycles. The van der Waals surface area contributed by atoms with Gasteiger partial charge in [-0.2, -0.15) is 0 Å². The van der Waals surface area contributed by atoms with E-state index in [4.69, 9.17) is 10.5 Å². The minimum Gasteiger partial charge on any atom is -0.496 e. The van der Waals surface area contributed by atoms with Crippen molar-refractivity contribution in [2.45, 2.75) is 33.1 Å². The molecule has 120 valence electrons. The van der Waals surface area contributed by atoms with Crippen molar-refractivity contribution in [1.29, 1.82) is 0 Å². The lowest BCUT2D eigenvalue weighted by atomic mass is 9.95. The largest absolute Gasteiger partial charge is 0.496 e. The third kappa shape index (κ3) is 3.59. The lowest BCUT2D eigenvalue weighted by molar-refractivity contribution is -0.134. The zero-order valence-electron chi connectivity index (χ0n) is 13.5. The summed E-state index contributed by atoms with van der Waals surface area (Å²) in [5.41, 5.74) is 8.44. The second kappa shape index (κ2) is 6.81. The highest BCUT2D eigenvalue weighted by Crippen LogP contribution is 2.24. The third-order valence-electron chi connectivity index (χ3n) is 4.45. The van der Waals surface area contributed by atoms with Crippen molar-refractivity contribution in [1.82, 2.24) is 4.90 Å². The summed E-state index contributed by atoms with van der Waals surface area (Å²) in [7, 11) is 1.65. The molecule has 0 spiro atoms. The number of carbonyl (C=O) groups excluding carboxylic acids is 2. The molecule has 1 aromatic carbocycles. The van der Waals surface area contributed by atoms with Gasteiger partial charge in [0, 0.05) is 19.0 Å². The number of rotatable bonds is 4. The summed E-state index contributed by atoms with van der Waals surface area (Å²) in [6.45, 7) is 5.19. The summed E-state index contributed by atoms with van der Waals surface area (Å²) in [4.78, 5) is 25.4. The van der Waals surface area contributed by atoms with Crippen molar-refractivity contribution in [3.63, 3.8) is 0 Å². The van der Waals surface area contributed by atoms with Crippen molar-refractivity contribution in [2.75, 3.05) is 20.2 Å². The molecule has 0 aliphatic carbocycles. The Morgan fingerprint density at radius 3 is 2.41 bits per heavy atom. The maximum Gasteiger partial charge on any atom is 0.227 e. The van der Waals surface area contributed by atoms with Gasteiger partial charge in [0.15, 0.2) is 0 Å². The van der Waals surface area contributed by atoms with Crippen LogP contribution in [0.3, 0.4) is 0 Å². The molecule has 5 heteroatoms. The molecule has 2 amide bonds. The Morgan fingerprint density at radius 2 is 1.86 bits per heavy atom. The van der Waals surface area contributed by atoms with Crippen molar-refractivity contribution in [2.24, 2.45) is 11.7 Å². The molecule has 1 aliphatic rings. The Balaban J connectivity index is 2.01. The molecular weight excluding hydrogens is 280 g/mol. The topological polar surface area (TPSA) is 72.6 Å². The maximum absolute atomic E-state index is 12.4. The van der Waals surface area contributed by atoms with Crippen LogP contribution >= 0.6 is 0 Å². The van der Waals surface area contributed by atoms with Crippen LogP contribution in [0.2, 0.25) is 0 Å². The first-order valence-corrected chi connectivity index (χ1v) is 7.63. The number of hydrogen-bond acceptors (Lipinski definition) is 3. The number of piperidine rings is 1. The monoisotopic (exact) mass is 304 g/mol. The van der Waals surface area contributed by atoms with Gasteiger partial charge in [-0.25, -0.2) is 0 Å². The standard InChI is InChI=1S/C17H24N2O3/c1-11-9-15(22-3)12(2)8-14(11)10-16(20)19-6-4-13(5-7-19)17(18)21/h8-9,13H,4-7,10H2,1-3H3,(H2,18,21). The van der Waals surface area contributed by atoms with Crippen molar-refractivity contribution >= 4 is 11.8 Å². The van der Waals surface area contributed by atoms with Gasteiger partial charge >= 0.3 is 0 Å². The van der Waals surface area contributed by atoms with E-state index in [-0.39, 0.29) is 17.7 Å². The van der Waals surface area contributed by atoms with Gasteiger partial charge in [0.25, 0.3) is 0 Å². The summed E-state index contributed by atoms with van der Waals surface area (Å²) in [5, 5.41) is 0. The number of aryl methyl sites for hydroxylation is 2. The average Bonchev–Trinajstić information content (AvgIpc) is 2.50. The first-order valence-electron chi connectivity index (χ1n) is 7.63. The van der Waals surface area contributed by atoms with Gasteiger partial charge in [-0.05, 0) is 49.4 Å². The van der Waals surface area contributed by atoms with Crippen LogP contribution in [0.4, 0.5) is 0 Å². The zero-order valence-corrected chi connectivity index (χ0v) is 13.5. The molecule has 0 bridgehead atoms. The molecule has 1 saturated heterocycles. The number of benzene rings is 1. The van der Waals surface area contributed by atoms with Gasteiger partial charge in [0.2, 0.25) is 11.8 Å². The summed E-state index contributed by atoms with van der Waals surface area (Å²) in [6.07, 6.45) is 1.72. The lowest BCUT2D eigenvalue weighted by Crippen LogP contribution is -2.42. The number of ether oxygens (including phenoxy) is 1. The van der Waals surface area contributed by atoms with Crippen molar-refractivity contribution in [3.8, 4) is 5.75 Å². The Kier molecular flexibility index (Phi) is 5.06. The first-order chi connectivity index (χ1) is 10.4. The average molecular weight is 304 g/mol. The Bertz CT molecular complexity index is 576. The smallest absolute Gasteiger partial charge is 0.227 e. The fourth-order valence-electron chi connectivity index (χ4n) is 2.95. The van der Waals surface area contributed by atoms with E-state index in [1.807, 2.05) is 30.9 Å². The van der Waals surface area contributed by atoms with Crippen LogP contribution in [-0.2, 0) is 16.0 Å². The number of amides is 2. The summed E-state index contributed by atoms with van der Waals surface area (Å²) in [5.74, 6) is 0.606. The van der Waals surface area contributed by atoms with Gasteiger partial charge < -0.3 is 15.4 Å². The number of methoxy groups -OCH3 is 1. The quantitative estimate of drug-likeness (QED) is 0.918. The van der Waals surface area contributed by atoms with Gasteiger partial charge in [0.05, 0.1) is 13.5 Å². The molecule has 2 N–H and O–H groups in total. The summed E-state index contributed by atoms with van der Waals surface area (Å²) >= 11 is 0. The van der Waals surface area contributed by atoms with E-state index in [1.165, 1.54) is 0 Å². The predicted octanol–water partition coefficient (Wildman–Crippen LogP) is 1.58. The zero-order chi connectivity index (χ0) is 16.3. The maximum atomic E-state index is 12.4. The van der Waals surface area contributed by atoms with Crippen LogP contribution in [-0.4, -0.2) is 36.9 Å². The summed E-state index contributed by atoms with van der Waals surface area (Å²) < 4.78 is 5.30. The Morgan fingerprint density at radius 1 is 1.23 bits per heavy atom. The van der Waals surface area contributed by atoms with Crippen LogP contribution < -0.4 is 10.5 Å². The number of nitrogens with two attached hydrogens (primary N) is 1. The SMILES string of the molecule is COc1cc(C)c(CC(=O)N2CCC(C(N)=O)CC2)cc1C. The van der Waals surface area contributed by atoms with Gasteiger partial charge in [-0.3, -0.25) is 9.59 Å². The molecule has 0 saturated carbocycles. The highest BCUT2D eigenvalue weighted by atomic mass is 16.5. The number of likely N-dealkylation sites (tertiary alicyclic amines) is 1. The van der Waals surface area contributed by atoms with Crippen molar-refractivity contribution in [3.05, 3.63) is 28.8 Å². The van der Waals surface area contributed by atoms with Gasteiger partial charge in [0.1, 0.15) is 5.75 Å². The highest BCUT2D eigenvalue weighted by molar-refractivity contribution is 5.80. The number of primary amides is 1. The molecule has 0 unspecified atom stereocenters.